The standard InChI is InChI=1S/C15H13Cl2F/c1-10-5-6-13(18)9-14(10)15(17)8-11-3-2-4-12(16)7-11/h2-7,9,15H,8H2,1H3. The van der Waals surface area contributed by atoms with Gasteiger partial charge in [-0.25, -0.2) is 4.39 Å². The zero-order chi connectivity index (χ0) is 13.1. The van der Waals surface area contributed by atoms with Crippen LogP contribution in [0.3, 0.4) is 0 Å². The van der Waals surface area contributed by atoms with Crippen LogP contribution >= 0.6 is 23.2 Å². The van der Waals surface area contributed by atoms with Gasteiger partial charge in [-0.3, -0.25) is 0 Å². The van der Waals surface area contributed by atoms with Gasteiger partial charge in [-0.1, -0.05) is 29.8 Å². The molecule has 0 spiro atoms. The van der Waals surface area contributed by atoms with E-state index in [1.54, 1.807) is 6.07 Å². The van der Waals surface area contributed by atoms with Crippen molar-refractivity contribution >= 4 is 23.2 Å². The van der Waals surface area contributed by atoms with Gasteiger partial charge in [0.1, 0.15) is 5.82 Å². The molecule has 94 valence electrons. The molecule has 0 bridgehead atoms. The van der Waals surface area contributed by atoms with Crippen LogP contribution in [0.5, 0.6) is 0 Å². The lowest BCUT2D eigenvalue weighted by atomic mass is 10.00. The largest absolute Gasteiger partial charge is 0.207 e. The van der Waals surface area contributed by atoms with E-state index < -0.39 is 0 Å². The highest BCUT2D eigenvalue weighted by molar-refractivity contribution is 6.30. The maximum absolute atomic E-state index is 13.2. The molecule has 0 heterocycles. The molecule has 3 heteroatoms. The van der Waals surface area contributed by atoms with Crippen LogP contribution in [0.15, 0.2) is 42.5 Å². The lowest BCUT2D eigenvalue weighted by Crippen LogP contribution is -1.99. The summed E-state index contributed by atoms with van der Waals surface area (Å²) in [5, 5.41) is 0.437. The summed E-state index contributed by atoms with van der Waals surface area (Å²) in [6.07, 6.45) is 0.631. The van der Waals surface area contributed by atoms with E-state index in [2.05, 4.69) is 0 Å². The SMILES string of the molecule is Cc1ccc(F)cc1C(Cl)Cc1cccc(Cl)c1. The predicted molar refractivity (Wildman–Crippen MR) is 74.9 cm³/mol. The molecule has 0 aliphatic rings. The second-order valence-corrected chi connectivity index (χ2v) is 5.27. The highest BCUT2D eigenvalue weighted by Crippen LogP contribution is 2.28. The van der Waals surface area contributed by atoms with Crippen molar-refractivity contribution in [1.29, 1.82) is 0 Å². The van der Waals surface area contributed by atoms with Gasteiger partial charge in [-0.2, -0.15) is 0 Å². The Morgan fingerprint density at radius 1 is 1.17 bits per heavy atom. The van der Waals surface area contributed by atoms with Gasteiger partial charge in [-0.05, 0) is 54.3 Å². The smallest absolute Gasteiger partial charge is 0.123 e. The fourth-order valence-electron chi connectivity index (χ4n) is 1.93. The van der Waals surface area contributed by atoms with Crippen LogP contribution in [-0.4, -0.2) is 0 Å². The van der Waals surface area contributed by atoms with E-state index in [0.29, 0.717) is 11.4 Å². The minimum Gasteiger partial charge on any atom is -0.207 e. The Labute approximate surface area is 116 Å². The minimum absolute atomic E-state index is 0.251. The molecule has 2 aromatic carbocycles. The van der Waals surface area contributed by atoms with Crippen molar-refractivity contribution in [1.82, 2.24) is 0 Å². The number of benzene rings is 2. The van der Waals surface area contributed by atoms with Gasteiger partial charge in [0.25, 0.3) is 0 Å². The van der Waals surface area contributed by atoms with Crippen LogP contribution in [0, 0.1) is 12.7 Å². The van der Waals surface area contributed by atoms with Crippen molar-refractivity contribution < 1.29 is 4.39 Å². The molecule has 1 unspecified atom stereocenters. The average molecular weight is 283 g/mol. The molecule has 0 amide bonds. The van der Waals surface area contributed by atoms with Crippen LogP contribution in [0.1, 0.15) is 22.1 Å². The van der Waals surface area contributed by atoms with Gasteiger partial charge in [-0.15, -0.1) is 11.6 Å². The summed E-state index contributed by atoms with van der Waals surface area (Å²) in [4.78, 5) is 0. The highest BCUT2D eigenvalue weighted by Gasteiger charge is 2.12. The topological polar surface area (TPSA) is 0 Å². The summed E-state index contributed by atoms with van der Waals surface area (Å²) >= 11 is 12.3. The first-order chi connectivity index (χ1) is 8.56. The van der Waals surface area contributed by atoms with Gasteiger partial charge >= 0.3 is 0 Å². The third kappa shape index (κ3) is 3.24. The monoisotopic (exact) mass is 282 g/mol. The van der Waals surface area contributed by atoms with Crippen LogP contribution in [0.2, 0.25) is 5.02 Å². The molecule has 0 radical (unpaired) electrons. The Balaban J connectivity index is 2.21. The normalized spacial score (nSPS) is 12.4. The first kappa shape index (κ1) is 13.4. The Morgan fingerprint density at radius 3 is 2.67 bits per heavy atom. The van der Waals surface area contributed by atoms with Gasteiger partial charge in [0.2, 0.25) is 0 Å². The third-order valence-electron chi connectivity index (χ3n) is 2.88. The first-order valence-electron chi connectivity index (χ1n) is 5.71. The van der Waals surface area contributed by atoms with Crippen molar-refractivity contribution in [3.63, 3.8) is 0 Å². The number of aryl methyl sites for hydroxylation is 1. The zero-order valence-corrected chi connectivity index (χ0v) is 11.5. The van der Waals surface area contributed by atoms with Gasteiger partial charge in [0.15, 0.2) is 0 Å². The molecule has 0 N–H and O–H groups in total. The van der Waals surface area contributed by atoms with E-state index >= 15 is 0 Å². The molecule has 18 heavy (non-hydrogen) atoms. The molecule has 0 aliphatic heterocycles. The molecule has 0 fully saturated rings. The van der Waals surface area contributed by atoms with E-state index in [-0.39, 0.29) is 11.2 Å². The van der Waals surface area contributed by atoms with Crippen LogP contribution in [-0.2, 0) is 6.42 Å². The number of rotatable bonds is 3. The maximum atomic E-state index is 13.2. The van der Waals surface area contributed by atoms with Crippen molar-refractivity contribution in [2.75, 3.05) is 0 Å². The molecule has 0 saturated heterocycles. The Morgan fingerprint density at radius 2 is 1.94 bits per heavy atom. The van der Waals surface area contributed by atoms with Crippen LogP contribution < -0.4 is 0 Å². The summed E-state index contributed by atoms with van der Waals surface area (Å²) in [6, 6.07) is 12.3. The lowest BCUT2D eigenvalue weighted by Gasteiger charge is -2.13. The van der Waals surface area contributed by atoms with Crippen LogP contribution in [0.25, 0.3) is 0 Å². The van der Waals surface area contributed by atoms with Crippen molar-refractivity contribution in [2.45, 2.75) is 18.7 Å². The summed E-state index contributed by atoms with van der Waals surface area (Å²) in [5.41, 5.74) is 2.88. The fraction of sp³-hybridized carbons (Fsp3) is 0.200. The molecule has 2 rings (SSSR count). The summed E-state index contributed by atoms with van der Waals surface area (Å²) in [6.45, 7) is 1.93. The Kier molecular flexibility index (Phi) is 4.26. The highest BCUT2D eigenvalue weighted by atomic mass is 35.5. The fourth-order valence-corrected chi connectivity index (χ4v) is 2.56. The first-order valence-corrected chi connectivity index (χ1v) is 6.52. The van der Waals surface area contributed by atoms with Gasteiger partial charge in [0, 0.05) is 5.02 Å². The lowest BCUT2D eigenvalue weighted by molar-refractivity contribution is 0.624. The second-order valence-electron chi connectivity index (χ2n) is 4.30. The third-order valence-corrected chi connectivity index (χ3v) is 3.51. The van der Waals surface area contributed by atoms with E-state index in [1.807, 2.05) is 31.2 Å². The van der Waals surface area contributed by atoms with Crippen molar-refractivity contribution in [3.8, 4) is 0 Å². The number of alkyl halides is 1. The van der Waals surface area contributed by atoms with E-state index in [1.165, 1.54) is 12.1 Å². The van der Waals surface area contributed by atoms with Gasteiger partial charge in [0.05, 0.1) is 5.38 Å². The molecule has 0 aromatic heterocycles. The molecule has 0 aliphatic carbocycles. The summed E-state index contributed by atoms with van der Waals surface area (Å²) < 4.78 is 13.2. The molecule has 0 nitrogen and oxygen atoms in total. The van der Waals surface area contributed by atoms with E-state index in [4.69, 9.17) is 23.2 Å². The molecule has 0 saturated carbocycles. The number of halogens is 3. The number of hydrogen-bond acceptors (Lipinski definition) is 0. The predicted octanol–water partition coefficient (Wildman–Crippen LogP) is 5.31. The Bertz CT molecular complexity index is 552. The molecular formula is C15H13Cl2F. The van der Waals surface area contributed by atoms with Crippen molar-refractivity contribution in [3.05, 3.63) is 70.0 Å². The quantitative estimate of drug-likeness (QED) is 0.669. The number of hydrogen-bond donors (Lipinski definition) is 0. The summed E-state index contributed by atoms with van der Waals surface area (Å²) in [7, 11) is 0. The van der Waals surface area contributed by atoms with Crippen LogP contribution in [0.4, 0.5) is 4.39 Å². The van der Waals surface area contributed by atoms with E-state index in [9.17, 15) is 4.39 Å². The second kappa shape index (κ2) is 5.73. The van der Waals surface area contributed by atoms with Crippen molar-refractivity contribution in [2.24, 2.45) is 0 Å². The molecule has 1 atom stereocenters. The molecule has 2 aromatic rings. The maximum Gasteiger partial charge on any atom is 0.123 e. The van der Waals surface area contributed by atoms with E-state index in [0.717, 1.165) is 16.7 Å². The average Bonchev–Trinajstić information content (AvgIpc) is 2.32. The summed E-state index contributed by atoms with van der Waals surface area (Å²) in [5.74, 6) is -0.257. The molecular weight excluding hydrogens is 270 g/mol. The Hall–Kier alpha value is -1.05. The zero-order valence-electron chi connectivity index (χ0n) is 9.96. The minimum atomic E-state index is -0.257. The van der Waals surface area contributed by atoms with Gasteiger partial charge < -0.3 is 0 Å².